The van der Waals surface area contributed by atoms with E-state index in [1.54, 1.807) is 34.1 Å². The average Bonchev–Trinajstić information content (AvgIpc) is 4.24. The highest BCUT2D eigenvalue weighted by molar-refractivity contribution is 14.1. The Bertz CT molecular complexity index is 3260. The van der Waals surface area contributed by atoms with E-state index in [0.717, 1.165) is 32.1 Å². The quantitative estimate of drug-likeness (QED) is 0.0574. The maximum atomic E-state index is 12.5. The first-order valence-corrected chi connectivity index (χ1v) is 27.1. The molecular formula is C50H53Cl4IN12O12. The number of hydrogen-bond donors (Lipinski definition) is 8. The molecule has 4 aliphatic heterocycles. The molecule has 420 valence electrons. The van der Waals surface area contributed by atoms with Gasteiger partial charge in [0.05, 0.1) is 46.0 Å². The van der Waals surface area contributed by atoms with Crippen LogP contribution in [0.4, 0.5) is 21.2 Å². The first kappa shape index (κ1) is 59.5. The summed E-state index contributed by atoms with van der Waals surface area (Å²) in [5.74, 6) is 10.7. The number of rotatable bonds is 8. The van der Waals surface area contributed by atoms with E-state index < -0.39 is 68.4 Å². The van der Waals surface area contributed by atoms with Crippen LogP contribution in [0.25, 0.3) is 22.3 Å². The minimum absolute atomic E-state index is 0.114. The van der Waals surface area contributed by atoms with Crippen molar-refractivity contribution in [3.05, 3.63) is 78.8 Å². The van der Waals surface area contributed by atoms with Crippen LogP contribution in [0.3, 0.4) is 0 Å². The van der Waals surface area contributed by atoms with Gasteiger partial charge in [-0.3, -0.25) is 9.13 Å². The number of anilines is 2. The molecule has 8 heterocycles. The van der Waals surface area contributed by atoms with E-state index in [0.29, 0.717) is 90.6 Å². The number of nitrogen functional groups attached to an aromatic ring is 2. The molecule has 4 aromatic heterocycles. The van der Waals surface area contributed by atoms with Crippen molar-refractivity contribution in [1.29, 1.82) is 0 Å². The fourth-order valence-electron chi connectivity index (χ4n) is 8.99. The summed E-state index contributed by atoms with van der Waals surface area (Å²) in [6.45, 7) is 1.57. The van der Waals surface area contributed by atoms with Crippen molar-refractivity contribution in [1.82, 2.24) is 48.8 Å². The second kappa shape index (κ2) is 26.8. The van der Waals surface area contributed by atoms with Gasteiger partial charge in [0.2, 0.25) is 5.82 Å². The van der Waals surface area contributed by atoms with Crippen LogP contribution in [-0.4, -0.2) is 168 Å². The second-order valence-electron chi connectivity index (χ2n) is 18.6. The summed E-state index contributed by atoms with van der Waals surface area (Å²) in [6, 6.07) is 9.42. The molecule has 0 radical (unpaired) electrons. The molecule has 10 N–H and O–H groups in total. The van der Waals surface area contributed by atoms with Gasteiger partial charge in [-0.25, -0.2) is 39.5 Å². The standard InChI is InChI=1S/C25H26Cl2N6O6.C15H15Cl2NO2.C10H12IN5O4/c26-15-5-4-14(10-16(15)27)38-25(37)32-8-6-13(7-9-32)2-1-3-18-30-22(28)19-23(31-18)33(12-29-19)24-21(36)20(35)17(11-34)39-24;1-2-3-11-6-8-18(9-7-11)15(19)20-12-4-5-13(16)14(17)10-12;11-10-14-7(12)4-8(15-10)16(2-13-4)9-6(19)5(18)3(1-17)20-9/h4-5,10,12-13,17,20-21,24,34-36H,2,6-9,11H2,(H2,28,30,31);1,4-5,10-11H,3,6-9H2;2-3,5-6,9,17-19H,1H2,(H2,12,14,15)/t17-,20?,21+,24-;;3-,5?,6+,9-/m1.1/s1. The number of piperidine rings is 2. The lowest BCUT2D eigenvalue weighted by Gasteiger charge is -2.30. The Balaban J connectivity index is 0.000000172. The van der Waals surface area contributed by atoms with Gasteiger partial charge < -0.3 is 70.9 Å². The number of aromatic nitrogens is 8. The summed E-state index contributed by atoms with van der Waals surface area (Å²) < 4.78 is 25.1. The van der Waals surface area contributed by atoms with E-state index in [2.05, 4.69) is 47.7 Å². The third-order valence-electron chi connectivity index (χ3n) is 13.4. The number of carbonyl (C=O) groups is 2. The van der Waals surface area contributed by atoms with Crippen LogP contribution in [-0.2, 0) is 9.47 Å². The van der Waals surface area contributed by atoms with Gasteiger partial charge >= 0.3 is 12.2 Å². The van der Waals surface area contributed by atoms with Crippen molar-refractivity contribution < 1.29 is 59.2 Å². The second-order valence-corrected chi connectivity index (χ2v) is 21.2. The van der Waals surface area contributed by atoms with Crippen LogP contribution in [0.15, 0.2) is 49.1 Å². The molecule has 2 aromatic carbocycles. The van der Waals surface area contributed by atoms with E-state index >= 15 is 0 Å². The Labute approximate surface area is 485 Å². The van der Waals surface area contributed by atoms with Gasteiger partial charge in [0, 0.05) is 73.7 Å². The highest BCUT2D eigenvalue weighted by Gasteiger charge is 2.45. The summed E-state index contributed by atoms with van der Waals surface area (Å²) in [6.07, 6.45) is 3.36. The molecule has 0 aliphatic carbocycles. The summed E-state index contributed by atoms with van der Waals surface area (Å²) in [5.41, 5.74) is 13.2. The lowest BCUT2D eigenvalue weighted by atomic mass is 9.94. The van der Waals surface area contributed by atoms with E-state index in [-0.39, 0.29) is 35.1 Å². The number of aliphatic hydroxyl groups is 6. The molecule has 4 saturated heterocycles. The van der Waals surface area contributed by atoms with Crippen molar-refractivity contribution in [2.75, 3.05) is 50.9 Å². The third-order valence-corrected chi connectivity index (χ3v) is 15.3. The van der Waals surface area contributed by atoms with Gasteiger partial charge in [-0.1, -0.05) is 52.3 Å². The Kier molecular flexibility index (Phi) is 20.2. The maximum absolute atomic E-state index is 12.5. The Morgan fingerprint density at radius 2 is 1.10 bits per heavy atom. The van der Waals surface area contributed by atoms with Crippen LogP contribution in [0.2, 0.25) is 20.1 Å². The van der Waals surface area contributed by atoms with Gasteiger partial charge in [-0.15, -0.1) is 12.3 Å². The molecule has 0 spiro atoms. The third kappa shape index (κ3) is 14.1. The van der Waals surface area contributed by atoms with E-state index in [9.17, 15) is 35.1 Å². The molecule has 10 rings (SSSR count). The molecule has 29 heteroatoms. The van der Waals surface area contributed by atoms with Crippen molar-refractivity contribution in [3.63, 3.8) is 0 Å². The lowest BCUT2D eigenvalue weighted by molar-refractivity contribution is -0.0511. The zero-order chi connectivity index (χ0) is 56.7. The smallest absolute Gasteiger partial charge is 0.410 e. The van der Waals surface area contributed by atoms with Crippen LogP contribution >= 0.6 is 69.0 Å². The SMILES string of the molecule is C#CCC1CCN(C(=O)Oc2ccc(Cl)c(Cl)c2)CC1.Nc1nc(C#CCC2CCN(C(=O)Oc3ccc(Cl)c(Cl)c3)CC2)nc2c1ncn2[C@@H]1O[C@H](CO)C(O)[C@@H]1O.Nc1nc(I)nc2c1ncn2[C@@H]1O[C@H](CO)C(O)[C@@H]1O. The topological polar surface area (TPSA) is 338 Å². The predicted octanol–water partition coefficient (Wildman–Crippen LogP) is 4.83. The van der Waals surface area contributed by atoms with Gasteiger partial charge in [0.1, 0.15) is 59.2 Å². The number of halogens is 5. The first-order chi connectivity index (χ1) is 37.9. The number of terminal acetylenes is 1. The number of amides is 2. The van der Waals surface area contributed by atoms with Crippen molar-refractivity contribution >= 4 is 115 Å². The summed E-state index contributed by atoms with van der Waals surface area (Å²) in [4.78, 5) is 53.0. The molecule has 79 heavy (non-hydrogen) atoms. The highest BCUT2D eigenvalue weighted by atomic mass is 127. The predicted molar refractivity (Wildman–Crippen MR) is 297 cm³/mol. The first-order valence-electron chi connectivity index (χ1n) is 24.5. The molecule has 4 fully saturated rings. The number of nitrogens with two attached hydrogens (primary N) is 2. The summed E-state index contributed by atoms with van der Waals surface area (Å²) in [5, 5.41) is 60.2. The van der Waals surface area contributed by atoms with Gasteiger partial charge in [-0.2, -0.15) is 0 Å². The van der Waals surface area contributed by atoms with E-state index in [1.165, 1.54) is 33.9 Å². The number of ether oxygens (including phenoxy) is 4. The average molecular weight is 1280 g/mol. The number of imidazole rings is 2. The maximum Gasteiger partial charge on any atom is 0.415 e. The molecule has 24 nitrogen and oxygen atoms in total. The van der Waals surface area contributed by atoms with Gasteiger partial charge in [0.25, 0.3) is 0 Å². The van der Waals surface area contributed by atoms with Crippen LogP contribution in [0.1, 0.15) is 56.8 Å². The van der Waals surface area contributed by atoms with E-state index in [4.69, 9.17) is 88.3 Å². The number of nitrogens with zero attached hydrogens (tertiary/aromatic N) is 10. The number of benzene rings is 2. The zero-order valence-electron chi connectivity index (χ0n) is 41.6. The molecule has 0 saturated carbocycles. The minimum atomic E-state index is -1.29. The largest absolute Gasteiger partial charge is 0.415 e. The molecule has 4 aliphatic rings. The zero-order valence-corrected chi connectivity index (χ0v) is 46.8. The lowest BCUT2D eigenvalue weighted by Crippen LogP contribution is -2.40. The normalized spacial score (nSPS) is 23.3. The fraction of sp³-hybridized carbons (Fsp3) is 0.440. The monoisotopic (exact) mass is 1280 g/mol. The van der Waals surface area contributed by atoms with Crippen molar-refractivity contribution in [3.8, 4) is 35.7 Å². The molecule has 6 aromatic rings. The van der Waals surface area contributed by atoms with Crippen molar-refractivity contribution in [2.45, 2.75) is 87.6 Å². The van der Waals surface area contributed by atoms with Crippen LogP contribution in [0.5, 0.6) is 11.5 Å². The molecule has 2 amide bonds. The van der Waals surface area contributed by atoms with E-state index in [1.807, 2.05) is 22.6 Å². The molecular weight excluding hydrogens is 1230 g/mol. The summed E-state index contributed by atoms with van der Waals surface area (Å²) >= 11 is 25.5. The molecule has 2 unspecified atom stereocenters. The number of fused-ring (bicyclic) bond motifs is 2. The van der Waals surface area contributed by atoms with Gasteiger partial charge in [-0.05, 0) is 67.7 Å². The number of likely N-dealkylation sites (tertiary alicyclic amines) is 2. The van der Waals surface area contributed by atoms with Gasteiger partial charge in [0.15, 0.2) is 39.2 Å². The Morgan fingerprint density at radius 1 is 0.658 bits per heavy atom. The molecule has 0 bridgehead atoms. The Morgan fingerprint density at radius 3 is 1.53 bits per heavy atom. The van der Waals surface area contributed by atoms with Crippen molar-refractivity contribution in [2.24, 2.45) is 11.8 Å². The number of aliphatic hydroxyl groups excluding tert-OH is 6. The van der Waals surface area contributed by atoms with Crippen LogP contribution < -0.4 is 20.9 Å². The number of hydrogen-bond acceptors (Lipinski definition) is 20. The highest BCUT2D eigenvalue weighted by Crippen LogP contribution is 2.35. The summed E-state index contributed by atoms with van der Waals surface area (Å²) in [7, 11) is 0. The number of carbonyl (C=O) groups excluding carboxylic acids is 2. The molecule has 8 atom stereocenters. The Hall–Kier alpha value is -5.63. The minimum Gasteiger partial charge on any atom is -0.410 e. The van der Waals surface area contributed by atoms with Crippen LogP contribution in [0, 0.1) is 39.9 Å². The fourth-order valence-corrected chi connectivity index (χ4v) is 10.1.